The van der Waals surface area contributed by atoms with Crippen LogP contribution in [0.15, 0.2) is 41.7 Å². The van der Waals surface area contributed by atoms with Crippen LogP contribution in [-0.2, 0) is 11.3 Å². The van der Waals surface area contributed by atoms with E-state index in [-0.39, 0.29) is 11.9 Å². The van der Waals surface area contributed by atoms with Gasteiger partial charge in [0.25, 0.3) is 0 Å². The van der Waals surface area contributed by atoms with Crippen molar-refractivity contribution in [3.05, 3.63) is 36.5 Å². The lowest BCUT2D eigenvalue weighted by Gasteiger charge is -2.11. The van der Waals surface area contributed by atoms with Gasteiger partial charge in [-0.25, -0.2) is 9.67 Å². The maximum atomic E-state index is 12.3. The lowest BCUT2D eigenvalue weighted by molar-refractivity contribution is -0.113. The molecule has 1 N–H and O–H groups in total. The molecule has 0 bridgehead atoms. The highest BCUT2D eigenvalue weighted by atomic mass is 32.2. The Bertz CT molecular complexity index is 852. The van der Waals surface area contributed by atoms with E-state index in [1.165, 1.54) is 11.8 Å². The minimum atomic E-state index is -0.0582. The number of hydrogen-bond donors (Lipinski definition) is 1. The summed E-state index contributed by atoms with van der Waals surface area (Å²) in [5, 5.41) is 8.01. The molecule has 0 unspecified atom stereocenters. The molecule has 2 aromatic heterocycles. The smallest absolute Gasteiger partial charge is 0.235 e. The molecule has 0 aliphatic rings. The Balaban J connectivity index is 1.69. The molecule has 0 atom stereocenters. The summed E-state index contributed by atoms with van der Waals surface area (Å²) >= 11 is 1.45. The molecule has 24 heavy (non-hydrogen) atoms. The Hall–Kier alpha value is -2.28. The van der Waals surface area contributed by atoms with Crippen molar-refractivity contribution in [2.75, 3.05) is 11.1 Å². The molecule has 2 heterocycles. The fourth-order valence-corrected chi connectivity index (χ4v) is 3.48. The monoisotopic (exact) mass is 343 g/mol. The molecule has 0 saturated carbocycles. The summed E-state index contributed by atoms with van der Waals surface area (Å²) in [5.74, 6) is 0.976. The molecule has 0 spiro atoms. The van der Waals surface area contributed by atoms with Crippen LogP contribution in [0.25, 0.3) is 11.0 Å². The number of nitrogens with one attached hydrogen (secondary N) is 1. The molecule has 0 aliphatic carbocycles. The van der Waals surface area contributed by atoms with Crippen LogP contribution in [0.4, 0.5) is 5.82 Å². The van der Waals surface area contributed by atoms with Crippen molar-refractivity contribution >= 4 is 34.5 Å². The first kappa shape index (κ1) is 16.6. The van der Waals surface area contributed by atoms with Crippen LogP contribution < -0.4 is 5.32 Å². The zero-order valence-corrected chi connectivity index (χ0v) is 14.9. The number of benzene rings is 1. The van der Waals surface area contributed by atoms with Crippen LogP contribution in [0.2, 0.25) is 0 Å². The van der Waals surface area contributed by atoms with Gasteiger partial charge in [-0.05, 0) is 32.9 Å². The largest absolute Gasteiger partial charge is 0.319 e. The van der Waals surface area contributed by atoms with E-state index < -0.39 is 0 Å². The third kappa shape index (κ3) is 3.31. The second-order valence-electron chi connectivity index (χ2n) is 5.72. The van der Waals surface area contributed by atoms with E-state index in [1.54, 1.807) is 10.9 Å². The normalized spacial score (nSPS) is 11.3. The molecule has 0 radical (unpaired) electrons. The van der Waals surface area contributed by atoms with Gasteiger partial charge in [0.2, 0.25) is 5.91 Å². The number of rotatable bonds is 6. The molecule has 7 heteroatoms. The first-order chi connectivity index (χ1) is 11.6. The number of anilines is 1. The number of carbonyl (C=O) groups excluding carboxylic acids is 1. The fraction of sp³-hybridized carbons (Fsp3) is 0.353. The highest BCUT2D eigenvalue weighted by molar-refractivity contribution is 7.99. The predicted molar refractivity (Wildman–Crippen MR) is 97.4 cm³/mol. The molecule has 0 saturated heterocycles. The van der Waals surface area contributed by atoms with Crippen molar-refractivity contribution in [3.8, 4) is 0 Å². The number of imidazole rings is 1. The summed E-state index contributed by atoms with van der Waals surface area (Å²) in [5.41, 5.74) is 2.06. The highest BCUT2D eigenvalue weighted by Gasteiger charge is 2.13. The van der Waals surface area contributed by atoms with Crippen molar-refractivity contribution in [2.45, 2.75) is 38.5 Å². The van der Waals surface area contributed by atoms with Crippen molar-refractivity contribution < 1.29 is 4.79 Å². The quantitative estimate of drug-likeness (QED) is 0.695. The van der Waals surface area contributed by atoms with Gasteiger partial charge < -0.3 is 9.88 Å². The van der Waals surface area contributed by atoms with Gasteiger partial charge in [-0.3, -0.25) is 4.79 Å². The molecular weight excluding hydrogens is 322 g/mol. The molecule has 0 fully saturated rings. The van der Waals surface area contributed by atoms with E-state index in [2.05, 4.69) is 33.0 Å². The molecule has 1 aromatic carbocycles. The van der Waals surface area contributed by atoms with Crippen molar-refractivity contribution in [1.82, 2.24) is 19.3 Å². The Kier molecular flexibility index (Phi) is 4.89. The minimum Gasteiger partial charge on any atom is -0.319 e. The zero-order chi connectivity index (χ0) is 17.1. The molecule has 3 aromatic rings. The Morgan fingerprint density at radius 1 is 1.29 bits per heavy atom. The number of thioether (sulfide) groups is 1. The SMILES string of the molecule is CCn1c(SCC(=O)Nc2ccnn2C(C)C)nc2ccccc21. The van der Waals surface area contributed by atoms with Crippen molar-refractivity contribution in [3.63, 3.8) is 0 Å². The van der Waals surface area contributed by atoms with Gasteiger partial charge in [-0.1, -0.05) is 23.9 Å². The molecule has 1 amide bonds. The summed E-state index contributed by atoms with van der Waals surface area (Å²) in [6.07, 6.45) is 1.69. The number of aromatic nitrogens is 4. The van der Waals surface area contributed by atoms with Gasteiger partial charge in [-0.15, -0.1) is 0 Å². The summed E-state index contributed by atoms with van der Waals surface area (Å²) in [4.78, 5) is 16.9. The second-order valence-corrected chi connectivity index (χ2v) is 6.66. The fourth-order valence-electron chi connectivity index (χ4n) is 2.60. The van der Waals surface area contributed by atoms with Crippen LogP contribution in [-0.4, -0.2) is 31.0 Å². The summed E-state index contributed by atoms with van der Waals surface area (Å²) in [6, 6.07) is 10.0. The number of para-hydroxylation sites is 2. The maximum absolute atomic E-state index is 12.3. The summed E-state index contributed by atoms with van der Waals surface area (Å²) in [7, 11) is 0. The number of carbonyl (C=O) groups is 1. The van der Waals surface area contributed by atoms with Gasteiger partial charge in [0.1, 0.15) is 5.82 Å². The van der Waals surface area contributed by atoms with Crippen LogP contribution in [0.5, 0.6) is 0 Å². The van der Waals surface area contributed by atoms with E-state index in [9.17, 15) is 4.79 Å². The average molecular weight is 343 g/mol. The lowest BCUT2D eigenvalue weighted by atomic mass is 10.3. The van der Waals surface area contributed by atoms with Crippen LogP contribution in [0.1, 0.15) is 26.8 Å². The van der Waals surface area contributed by atoms with Gasteiger partial charge >= 0.3 is 0 Å². The predicted octanol–water partition coefficient (Wildman–Crippen LogP) is 3.56. The highest BCUT2D eigenvalue weighted by Crippen LogP contribution is 2.24. The zero-order valence-electron chi connectivity index (χ0n) is 14.1. The molecule has 126 valence electrons. The Morgan fingerprint density at radius 2 is 2.08 bits per heavy atom. The number of amides is 1. The summed E-state index contributed by atoms with van der Waals surface area (Å²) < 4.78 is 3.93. The third-order valence-electron chi connectivity index (χ3n) is 3.70. The van der Waals surface area contributed by atoms with Crippen LogP contribution in [0, 0.1) is 0 Å². The Labute approximate surface area is 145 Å². The van der Waals surface area contributed by atoms with Crippen molar-refractivity contribution in [2.24, 2.45) is 0 Å². The standard InChI is InChI=1S/C17H21N5OS/c1-4-21-14-8-6-5-7-13(14)19-17(21)24-11-16(23)20-15-9-10-18-22(15)12(2)3/h5-10,12H,4,11H2,1-3H3,(H,20,23). The van der Waals surface area contributed by atoms with Crippen molar-refractivity contribution in [1.29, 1.82) is 0 Å². The third-order valence-corrected chi connectivity index (χ3v) is 4.67. The summed E-state index contributed by atoms with van der Waals surface area (Å²) in [6.45, 7) is 6.96. The van der Waals surface area contributed by atoms with E-state index in [0.717, 1.165) is 28.6 Å². The molecule has 6 nitrogen and oxygen atoms in total. The molecule has 3 rings (SSSR count). The van der Waals surface area contributed by atoms with E-state index in [0.29, 0.717) is 5.75 Å². The number of nitrogens with zero attached hydrogens (tertiary/aromatic N) is 4. The van der Waals surface area contributed by atoms with E-state index in [1.807, 2.05) is 38.1 Å². The van der Waals surface area contributed by atoms with E-state index in [4.69, 9.17) is 0 Å². The first-order valence-electron chi connectivity index (χ1n) is 8.01. The number of hydrogen-bond acceptors (Lipinski definition) is 4. The van der Waals surface area contributed by atoms with Gasteiger partial charge in [0.05, 0.1) is 23.0 Å². The maximum Gasteiger partial charge on any atom is 0.235 e. The van der Waals surface area contributed by atoms with Gasteiger partial charge in [-0.2, -0.15) is 5.10 Å². The first-order valence-corrected chi connectivity index (χ1v) is 9.00. The Morgan fingerprint density at radius 3 is 2.83 bits per heavy atom. The van der Waals surface area contributed by atoms with Crippen LogP contribution in [0.3, 0.4) is 0 Å². The van der Waals surface area contributed by atoms with Crippen LogP contribution >= 0.6 is 11.8 Å². The lowest BCUT2D eigenvalue weighted by Crippen LogP contribution is -2.18. The second kappa shape index (κ2) is 7.09. The topological polar surface area (TPSA) is 64.7 Å². The number of fused-ring (bicyclic) bond motifs is 1. The minimum absolute atomic E-state index is 0.0582. The molecular formula is C17H21N5OS. The number of aryl methyl sites for hydroxylation is 1. The average Bonchev–Trinajstić information content (AvgIpc) is 3.16. The van der Waals surface area contributed by atoms with Gasteiger partial charge in [0.15, 0.2) is 5.16 Å². The van der Waals surface area contributed by atoms with Gasteiger partial charge in [0, 0.05) is 18.7 Å². The molecule has 0 aliphatic heterocycles. The van der Waals surface area contributed by atoms with E-state index >= 15 is 0 Å².